The average Bonchev–Trinajstić information content (AvgIpc) is 3.44. The molecule has 0 aliphatic rings. The predicted molar refractivity (Wildman–Crippen MR) is 114 cm³/mol. The number of aromatic nitrogens is 4. The number of furan rings is 1. The summed E-state index contributed by atoms with van der Waals surface area (Å²) in [5.41, 5.74) is 3.31. The Morgan fingerprint density at radius 2 is 2.00 bits per heavy atom. The molecule has 0 saturated carbocycles. The number of carbonyl (C=O) groups excluding carboxylic acids is 1. The normalized spacial score (nSPS) is 12.2. The zero-order valence-electron chi connectivity index (χ0n) is 16.6. The van der Waals surface area contributed by atoms with Crippen LogP contribution in [0.1, 0.15) is 12.7 Å². The lowest BCUT2D eigenvalue weighted by atomic mass is 10.1. The lowest BCUT2D eigenvalue weighted by Crippen LogP contribution is -2.27. The molecular formula is C21H16F2N6O2S. The molecule has 2 aromatic heterocycles. The van der Waals surface area contributed by atoms with Crippen molar-refractivity contribution in [3.05, 3.63) is 78.1 Å². The number of amides is 1. The predicted octanol–water partition coefficient (Wildman–Crippen LogP) is 3.83. The number of hydrogen-bond acceptors (Lipinski definition) is 7. The maximum Gasteiger partial charge on any atom is 0.253 e. The van der Waals surface area contributed by atoms with E-state index in [0.717, 1.165) is 17.8 Å². The molecule has 1 atom stereocenters. The Morgan fingerprint density at radius 3 is 2.78 bits per heavy atom. The monoisotopic (exact) mass is 454 g/mol. The zero-order valence-corrected chi connectivity index (χ0v) is 17.5. The number of thioether (sulfide) groups is 1. The highest BCUT2D eigenvalue weighted by Crippen LogP contribution is 2.25. The minimum absolute atomic E-state index is 0.122. The van der Waals surface area contributed by atoms with Crippen LogP contribution in [0.15, 0.2) is 75.3 Å². The fraction of sp³-hybridized carbons (Fsp3) is 0.0952. The molecule has 0 aliphatic carbocycles. The first-order chi connectivity index (χ1) is 15.5. The smallest absolute Gasteiger partial charge is 0.253 e. The van der Waals surface area contributed by atoms with Crippen molar-refractivity contribution in [2.75, 3.05) is 0 Å². The number of tetrazole rings is 1. The van der Waals surface area contributed by atoms with E-state index in [1.54, 1.807) is 13.0 Å². The summed E-state index contributed by atoms with van der Waals surface area (Å²) < 4.78 is 34.0. The number of nitrogens with zero attached hydrogens (tertiary/aromatic N) is 5. The zero-order chi connectivity index (χ0) is 22.5. The van der Waals surface area contributed by atoms with Crippen molar-refractivity contribution in [1.82, 2.24) is 25.6 Å². The molecule has 0 fully saturated rings. The van der Waals surface area contributed by atoms with E-state index < -0.39 is 16.9 Å². The summed E-state index contributed by atoms with van der Waals surface area (Å²) in [5, 5.41) is 15.4. The van der Waals surface area contributed by atoms with Gasteiger partial charge in [-0.3, -0.25) is 4.79 Å². The first-order valence-corrected chi connectivity index (χ1v) is 10.3. The Hall–Kier alpha value is -3.86. The summed E-state index contributed by atoms with van der Waals surface area (Å²) in [6.45, 7) is 1.70. The molecule has 0 saturated heterocycles. The minimum Gasteiger partial charge on any atom is -0.455 e. The van der Waals surface area contributed by atoms with Crippen LogP contribution in [0.4, 0.5) is 8.78 Å². The number of benzene rings is 2. The summed E-state index contributed by atoms with van der Waals surface area (Å²) in [4.78, 5) is 12.4. The van der Waals surface area contributed by atoms with E-state index in [4.69, 9.17) is 4.42 Å². The second-order valence-electron chi connectivity index (χ2n) is 6.53. The van der Waals surface area contributed by atoms with Gasteiger partial charge in [-0.05, 0) is 53.7 Å². The average molecular weight is 454 g/mol. The van der Waals surface area contributed by atoms with Gasteiger partial charge in [0.25, 0.3) is 5.91 Å². The Bertz CT molecular complexity index is 1260. The molecule has 8 nitrogen and oxygen atoms in total. The van der Waals surface area contributed by atoms with E-state index in [9.17, 15) is 13.6 Å². The molecule has 2 heterocycles. The van der Waals surface area contributed by atoms with Gasteiger partial charge < -0.3 is 4.42 Å². The van der Waals surface area contributed by atoms with Crippen LogP contribution in [0.3, 0.4) is 0 Å². The fourth-order valence-corrected chi connectivity index (χ4v) is 3.50. The molecular weight excluding hydrogens is 438 g/mol. The number of halogens is 2. The van der Waals surface area contributed by atoms with Crippen molar-refractivity contribution < 1.29 is 18.0 Å². The van der Waals surface area contributed by atoms with Crippen molar-refractivity contribution in [1.29, 1.82) is 0 Å². The van der Waals surface area contributed by atoms with Gasteiger partial charge in [0.15, 0.2) is 0 Å². The van der Waals surface area contributed by atoms with Crippen molar-refractivity contribution in [3.8, 4) is 17.0 Å². The van der Waals surface area contributed by atoms with Gasteiger partial charge in [-0.1, -0.05) is 30.0 Å². The third kappa shape index (κ3) is 4.89. The molecule has 32 heavy (non-hydrogen) atoms. The number of nitrogens with one attached hydrogen (secondary N) is 1. The van der Waals surface area contributed by atoms with E-state index >= 15 is 0 Å². The van der Waals surface area contributed by atoms with Crippen LogP contribution in [-0.4, -0.2) is 37.6 Å². The number of hydrazone groups is 1. The van der Waals surface area contributed by atoms with Gasteiger partial charge in [0.1, 0.15) is 23.2 Å². The fourth-order valence-electron chi connectivity index (χ4n) is 2.70. The summed E-state index contributed by atoms with van der Waals surface area (Å²) in [7, 11) is 0. The minimum atomic E-state index is -0.736. The van der Waals surface area contributed by atoms with Crippen LogP contribution in [-0.2, 0) is 4.79 Å². The number of carbonyl (C=O) groups is 1. The van der Waals surface area contributed by atoms with Crippen molar-refractivity contribution in [3.63, 3.8) is 0 Å². The van der Waals surface area contributed by atoms with Crippen LogP contribution in [0.25, 0.3) is 17.0 Å². The molecule has 1 N–H and O–H groups in total. The van der Waals surface area contributed by atoms with Crippen LogP contribution in [0.5, 0.6) is 0 Å². The molecule has 4 aromatic rings. The molecule has 0 aliphatic heterocycles. The quantitative estimate of drug-likeness (QED) is 0.259. The van der Waals surface area contributed by atoms with E-state index in [2.05, 4.69) is 26.1 Å². The van der Waals surface area contributed by atoms with Crippen molar-refractivity contribution in [2.24, 2.45) is 5.10 Å². The SMILES string of the molecule is C[C@H](Sc1nnnn1-c1ccccc1)C(=O)N/N=C/c1ccc(-c2ccc(F)cc2F)o1. The van der Waals surface area contributed by atoms with Gasteiger partial charge in [-0.2, -0.15) is 9.78 Å². The molecule has 0 bridgehead atoms. The van der Waals surface area contributed by atoms with Crippen LogP contribution in [0, 0.1) is 11.6 Å². The maximum atomic E-state index is 13.9. The molecule has 0 spiro atoms. The van der Waals surface area contributed by atoms with Crippen molar-refractivity contribution in [2.45, 2.75) is 17.3 Å². The Labute approximate surface area is 185 Å². The highest BCUT2D eigenvalue weighted by molar-refractivity contribution is 8.00. The maximum absolute atomic E-state index is 13.9. The molecule has 1 amide bonds. The third-order valence-corrected chi connectivity index (χ3v) is 5.32. The Balaban J connectivity index is 1.36. The van der Waals surface area contributed by atoms with Crippen LogP contribution in [0.2, 0.25) is 0 Å². The van der Waals surface area contributed by atoms with Gasteiger partial charge >= 0.3 is 0 Å². The van der Waals surface area contributed by atoms with E-state index in [1.807, 2.05) is 30.3 Å². The Morgan fingerprint density at radius 1 is 1.19 bits per heavy atom. The summed E-state index contributed by atoms with van der Waals surface area (Å²) >= 11 is 1.18. The second-order valence-corrected chi connectivity index (χ2v) is 7.84. The molecule has 11 heteroatoms. The molecule has 0 radical (unpaired) electrons. The largest absolute Gasteiger partial charge is 0.455 e. The third-order valence-electron chi connectivity index (χ3n) is 4.28. The van der Waals surface area contributed by atoms with Crippen LogP contribution >= 0.6 is 11.8 Å². The van der Waals surface area contributed by atoms with E-state index in [1.165, 1.54) is 34.8 Å². The van der Waals surface area contributed by atoms with E-state index in [-0.39, 0.29) is 23.0 Å². The molecule has 4 rings (SSSR count). The topological polar surface area (TPSA) is 98.2 Å². The molecule has 162 valence electrons. The summed E-state index contributed by atoms with van der Waals surface area (Å²) in [5.74, 6) is -1.28. The molecule has 0 unspecified atom stereocenters. The standard InChI is InChI=1S/C21H16F2N6O2S/c1-13(32-21-26-27-28-29(21)15-5-3-2-4-6-15)20(30)25-24-12-16-8-10-19(31-16)17-9-7-14(22)11-18(17)23/h2-13H,1H3,(H,25,30)/b24-12+/t13-/m0/s1. The van der Waals surface area contributed by atoms with Crippen molar-refractivity contribution >= 4 is 23.9 Å². The van der Waals surface area contributed by atoms with Gasteiger partial charge in [0.05, 0.1) is 22.7 Å². The number of hydrogen-bond donors (Lipinski definition) is 1. The first kappa shape index (κ1) is 21.4. The lowest BCUT2D eigenvalue weighted by molar-refractivity contribution is -0.120. The van der Waals surface area contributed by atoms with Gasteiger partial charge in [-0.15, -0.1) is 5.10 Å². The highest BCUT2D eigenvalue weighted by Gasteiger charge is 2.19. The number of para-hydroxylation sites is 1. The second kappa shape index (κ2) is 9.52. The summed E-state index contributed by atoms with van der Waals surface area (Å²) in [6.07, 6.45) is 1.29. The van der Waals surface area contributed by atoms with Gasteiger partial charge in [0.2, 0.25) is 5.16 Å². The van der Waals surface area contributed by atoms with Crippen LogP contribution < -0.4 is 5.43 Å². The van der Waals surface area contributed by atoms with E-state index in [0.29, 0.717) is 5.16 Å². The van der Waals surface area contributed by atoms with Gasteiger partial charge in [-0.25, -0.2) is 14.2 Å². The Kier molecular flexibility index (Phi) is 6.36. The lowest BCUT2D eigenvalue weighted by Gasteiger charge is -2.09. The highest BCUT2D eigenvalue weighted by atomic mass is 32.2. The summed E-state index contributed by atoms with van der Waals surface area (Å²) in [6, 6.07) is 15.6. The number of rotatable bonds is 7. The van der Waals surface area contributed by atoms with Gasteiger partial charge in [0, 0.05) is 6.07 Å². The molecule has 2 aromatic carbocycles. The first-order valence-electron chi connectivity index (χ1n) is 9.40.